The van der Waals surface area contributed by atoms with Crippen molar-refractivity contribution in [3.8, 4) is 0 Å². The molecule has 6 heteroatoms. The summed E-state index contributed by atoms with van der Waals surface area (Å²) in [6, 6.07) is 10.6. The van der Waals surface area contributed by atoms with Gasteiger partial charge in [0.15, 0.2) is 0 Å². The minimum atomic E-state index is -0.0412. The average molecular weight is 408 g/mol. The van der Waals surface area contributed by atoms with E-state index in [0.29, 0.717) is 24.6 Å². The lowest BCUT2D eigenvalue weighted by molar-refractivity contribution is -0.132. The molecule has 1 fully saturated rings. The predicted octanol–water partition coefficient (Wildman–Crippen LogP) is 3.81. The Kier molecular flexibility index (Phi) is 4.96. The highest BCUT2D eigenvalue weighted by molar-refractivity contribution is 7.18. The van der Waals surface area contributed by atoms with Crippen LogP contribution in [-0.4, -0.2) is 33.9 Å². The van der Waals surface area contributed by atoms with Crippen molar-refractivity contribution in [1.82, 2.24) is 14.9 Å². The molecule has 0 unspecified atom stereocenters. The van der Waals surface area contributed by atoms with Crippen LogP contribution >= 0.6 is 11.3 Å². The van der Waals surface area contributed by atoms with Crippen LogP contribution in [0.3, 0.4) is 0 Å². The largest absolute Gasteiger partial charge is 0.343 e. The first kappa shape index (κ1) is 18.6. The van der Waals surface area contributed by atoms with Crippen molar-refractivity contribution in [2.24, 2.45) is 0 Å². The van der Waals surface area contributed by atoms with Gasteiger partial charge in [-0.3, -0.25) is 9.59 Å². The summed E-state index contributed by atoms with van der Waals surface area (Å²) in [7, 11) is 0. The van der Waals surface area contributed by atoms with Crippen LogP contribution < -0.4 is 5.56 Å². The van der Waals surface area contributed by atoms with Crippen molar-refractivity contribution in [3.05, 3.63) is 62.5 Å². The molecule has 1 aromatic carbocycles. The Labute approximate surface area is 173 Å². The van der Waals surface area contributed by atoms with E-state index in [1.54, 1.807) is 11.3 Å². The summed E-state index contributed by atoms with van der Waals surface area (Å²) in [4.78, 5) is 36.9. The van der Waals surface area contributed by atoms with Crippen LogP contribution in [0.1, 0.15) is 53.4 Å². The van der Waals surface area contributed by atoms with Crippen molar-refractivity contribution < 1.29 is 4.79 Å². The number of piperidine rings is 1. The molecule has 5 rings (SSSR count). The fourth-order valence-electron chi connectivity index (χ4n) is 4.74. The number of hydrogen-bond donors (Lipinski definition) is 1. The van der Waals surface area contributed by atoms with Gasteiger partial charge in [-0.1, -0.05) is 30.3 Å². The lowest BCUT2D eigenvalue weighted by atomic mass is 9.89. The molecule has 2 aromatic heterocycles. The third kappa shape index (κ3) is 3.62. The van der Waals surface area contributed by atoms with E-state index in [9.17, 15) is 9.59 Å². The molecular formula is C23H25N3O2S. The normalized spacial score (nSPS) is 17.0. The van der Waals surface area contributed by atoms with Gasteiger partial charge >= 0.3 is 0 Å². The topological polar surface area (TPSA) is 66.1 Å². The van der Waals surface area contributed by atoms with E-state index in [-0.39, 0.29) is 11.5 Å². The molecule has 0 saturated carbocycles. The molecule has 29 heavy (non-hydrogen) atoms. The molecule has 0 radical (unpaired) electrons. The van der Waals surface area contributed by atoms with Crippen LogP contribution in [0, 0.1) is 0 Å². The minimum absolute atomic E-state index is 0.0412. The van der Waals surface area contributed by atoms with Gasteiger partial charge < -0.3 is 9.88 Å². The molecule has 1 N–H and O–H groups in total. The van der Waals surface area contributed by atoms with Crippen LogP contribution in [0.15, 0.2) is 35.1 Å². The number of benzene rings is 1. The standard InChI is InChI=1S/C23H25N3O2S/c27-20(26-13-11-16(12-14-26)15-5-2-1-3-6-15)10-9-19-24-22(28)21-17-7-4-8-18(17)29-23(21)25-19/h1-3,5-6,16H,4,7-14H2,(H,24,25,28). The lowest BCUT2D eigenvalue weighted by Gasteiger charge is -2.32. The summed E-state index contributed by atoms with van der Waals surface area (Å²) in [5, 5.41) is 0.778. The van der Waals surface area contributed by atoms with Gasteiger partial charge in [0.25, 0.3) is 5.56 Å². The molecule has 3 heterocycles. The first-order valence-corrected chi connectivity index (χ1v) is 11.4. The Morgan fingerprint density at radius 3 is 2.76 bits per heavy atom. The minimum Gasteiger partial charge on any atom is -0.343 e. The highest BCUT2D eigenvalue weighted by Crippen LogP contribution is 2.34. The monoisotopic (exact) mass is 407 g/mol. The third-order valence-electron chi connectivity index (χ3n) is 6.32. The zero-order chi connectivity index (χ0) is 19.8. The van der Waals surface area contributed by atoms with Gasteiger partial charge in [0, 0.05) is 30.8 Å². The Balaban J connectivity index is 1.21. The molecule has 2 aliphatic rings. The first-order valence-electron chi connectivity index (χ1n) is 10.5. The number of thiophene rings is 1. The van der Waals surface area contributed by atoms with E-state index in [2.05, 4.69) is 34.2 Å². The van der Waals surface area contributed by atoms with Crippen LogP contribution in [0.25, 0.3) is 10.2 Å². The average Bonchev–Trinajstić information content (AvgIpc) is 3.34. The number of carbonyl (C=O) groups is 1. The molecule has 0 spiro atoms. The summed E-state index contributed by atoms with van der Waals surface area (Å²) in [6.45, 7) is 1.61. The van der Waals surface area contributed by atoms with E-state index in [0.717, 1.165) is 55.4 Å². The predicted molar refractivity (Wildman–Crippen MR) is 116 cm³/mol. The maximum absolute atomic E-state index is 12.7. The fraction of sp³-hybridized carbons (Fsp3) is 0.435. The first-order chi connectivity index (χ1) is 14.2. The number of amides is 1. The molecule has 1 saturated heterocycles. The number of carbonyl (C=O) groups excluding carboxylic acids is 1. The summed E-state index contributed by atoms with van der Waals surface area (Å²) < 4.78 is 0. The SMILES string of the molecule is O=C(CCc1nc2sc3c(c2c(=O)[nH]1)CCC3)N1CCC(c2ccccc2)CC1. The summed E-state index contributed by atoms with van der Waals surface area (Å²) >= 11 is 1.65. The lowest BCUT2D eigenvalue weighted by Crippen LogP contribution is -2.38. The second-order valence-corrected chi connectivity index (χ2v) is 9.20. The number of aryl methyl sites for hydroxylation is 3. The van der Waals surface area contributed by atoms with Crippen LogP contribution in [0.2, 0.25) is 0 Å². The third-order valence-corrected chi connectivity index (χ3v) is 7.50. The molecule has 5 nitrogen and oxygen atoms in total. The van der Waals surface area contributed by atoms with Gasteiger partial charge in [-0.05, 0) is 49.1 Å². The fourth-order valence-corrected chi connectivity index (χ4v) is 6.02. The van der Waals surface area contributed by atoms with Gasteiger partial charge in [0.05, 0.1) is 5.39 Å². The molecular weight excluding hydrogens is 382 g/mol. The number of likely N-dealkylation sites (tertiary alicyclic amines) is 1. The highest BCUT2D eigenvalue weighted by Gasteiger charge is 2.24. The second kappa shape index (κ2) is 7.75. The molecule has 1 aliphatic heterocycles. The van der Waals surface area contributed by atoms with Crippen molar-refractivity contribution in [1.29, 1.82) is 0 Å². The molecule has 1 aliphatic carbocycles. The van der Waals surface area contributed by atoms with E-state index in [4.69, 9.17) is 0 Å². The van der Waals surface area contributed by atoms with E-state index in [1.165, 1.54) is 16.0 Å². The van der Waals surface area contributed by atoms with Gasteiger partial charge in [-0.25, -0.2) is 4.98 Å². The molecule has 3 aromatic rings. The number of aromatic nitrogens is 2. The summed E-state index contributed by atoms with van der Waals surface area (Å²) in [5.41, 5.74) is 2.53. The Morgan fingerprint density at radius 1 is 1.17 bits per heavy atom. The van der Waals surface area contributed by atoms with Crippen molar-refractivity contribution in [2.75, 3.05) is 13.1 Å². The van der Waals surface area contributed by atoms with Crippen molar-refractivity contribution >= 4 is 27.5 Å². The van der Waals surface area contributed by atoms with Gasteiger partial charge in [-0.15, -0.1) is 11.3 Å². The van der Waals surface area contributed by atoms with E-state index >= 15 is 0 Å². The zero-order valence-corrected chi connectivity index (χ0v) is 17.3. The number of hydrogen-bond acceptors (Lipinski definition) is 4. The van der Waals surface area contributed by atoms with Crippen molar-refractivity contribution in [3.63, 3.8) is 0 Å². The molecule has 1 amide bonds. The van der Waals surface area contributed by atoms with Crippen LogP contribution in [-0.2, 0) is 24.1 Å². The Morgan fingerprint density at radius 2 is 1.97 bits per heavy atom. The van der Waals surface area contributed by atoms with Gasteiger partial charge in [0.2, 0.25) is 5.91 Å². The number of rotatable bonds is 4. The van der Waals surface area contributed by atoms with E-state index in [1.807, 2.05) is 11.0 Å². The number of H-pyrrole nitrogens is 1. The second-order valence-electron chi connectivity index (χ2n) is 8.12. The highest BCUT2D eigenvalue weighted by atomic mass is 32.1. The quantitative estimate of drug-likeness (QED) is 0.715. The van der Waals surface area contributed by atoms with Gasteiger partial charge in [0.1, 0.15) is 10.7 Å². The maximum Gasteiger partial charge on any atom is 0.259 e. The van der Waals surface area contributed by atoms with Gasteiger partial charge in [-0.2, -0.15) is 0 Å². The zero-order valence-electron chi connectivity index (χ0n) is 16.4. The van der Waals surface area contributed by atoms with Crippen molar-refractivity contribution in [2.45, 2.75) is 50.9 Å². The van der Waals surface area contributed by atoms with E-state index < -0.39 is 0 Å². The summed E-state index contributed by atoms with van der Waals surface area (Å²) in [5.74, 6) is 1.34. The maximum atomic E-state index is 12.7. The summed E-state index contributed by atoms with van der Waals surface area (Å²) in [6.07, 6.45) is 6.09. The number of nitrogens with zero attached hydrogens (tertiary/aromatic N) is 2. The Bertz CT molecular complexity index is 1090. The van der Waals surface area contributed by atoms with Crippen LogP contribution in [0.5, 0.6) is 0 Å². The van der Waals surface area contributed by atoms with Crippen LogP contribution in [0.4, 0.5) is 0 Å². The molecule has 0 bridgehead atoms. The number of aromatic amines is 1. The number of nitrogens with one attached hydrogen (secondary N) is 1. The smallest absolute Gasteiger partial charge is 0.259 e. The molecule has 0 atom stereocenters. The Hall–Kier alpha value is -2.47. The molecule has 150 valence electrons. The number of fused-ring (bicyclic) bond motifs is 3.